The van der Waals surface area contributed by atoms with Gasteiger partial charge in [0.1, 0.15) is 17.6 Å². The molecule has 10 heteroatoms. The Morgan fingerprint density at radius 1 is 1.04 bits per heavy atom. The van der Waals surface area contributed by atoms with Crippen molar-refractivity contribution in [1.29, 1.82) is 0 Å². The number of aromatic nitrogens is 3. The Kier molecular flexibility index (Phi) is 5.03. The fourth-order valence-electron chi connectivity index (χ4n) is 2.53. The van der Waals surface area contributed by atoms with Crippen molar-refractivity contribution in [1.82, 2.24) is 19.1 Å². The fraction of sp³-hybridized carbons (Fsp3) is 0.176. The lowest BCUT2D eigenvalue weighted by Crippen LogP contribution is -2.30. The molecule has 0 saturated heterocycles. The van der Waals surface area contributed by atoms with Gasteiger partial charge in [0, 0.05) is 13.1 Å². The fourth-order valence-corrected chi connectivity index (χ4v) is 3.93. The topological polar surface area (TPSA) is 68.1 Å². The summed E-state index contributed by atoms with van der Waals surface area (Å²) in [6, 6.07) is 7.42. The molecular weight excluding hydrogens is 381 g/mol. The van der Waals surface area contributed by atoms with Crippen molar-refractivity contribution in [2.45, 2.75) is 17.9 Å². The molecule has 0 bridgehead atoms. The summed E-state index contributed by atoms with van der Waals surface area (Å²) in [5.41, 5.74) is 1.34. The maximum absolute atomic E-state index is 14.0. The maximum Gasteiger partial charge on any atom is 0.246 e. The van der Waals surface area contributed by atoms with Crippen molar-refractivity contribution >= 4 is 10.0 Å². The Bertz CT molecular complexity index is 1050. The number of halogens is 3. The first-order chi connectivity index (χ1) is 12.7. The zero-order valence-corrected chi connectivity index (χ0v) is 15.2. The van der Waals surface area contributed by atoms with E-state index in [1.807, 2.05) is 0 Å². The predicted molar refractivity (Wildman–Crippen MR) is 91.0 cm³/mol. The van der Waals surface area contributed by atoms with Gasteiger partial charge < -0.3 is 0 Å². The Hall–Kier alpha value is -2.72. The van der Waals surface area contributed by atoms with Gasteiger partial charge >= 0.3 is 0 Å². The van der Waals surface area contributed by atoms with Crippen LogP contribution in [0.25, 0.3) is 5.69 Å². The maximum atomic E-state index is 14.0. The highest BCUT2D eigenvalue weighted by molar-refractivity contribution is 7.89. The average molecular weight is 396 g/mol. The molecule has 0 aliphatic heterocycles. The van der Waals surface area contributed by atoms with Gasteiger partial charge in [-0.25, -0.2) is 31.3 Å². The molecule has 0 aliphatic carbocycles. The Balaban J connectivity index is 1.90. The summed E-state index contributed by atoms with van der Waals surface area (Å²) < 4.78 is 68.2. The summed E-state index contributed by atoms with van der Waals surface area (Å²) in [7, 11) is -3.14. The highest BCUT2D eigenvalue weighted by Crippen LogP contribution is 2.29. The van der Waals surface area contributed by atoms with Gasteiger partial charge in [0.15, 0.2) is 17.5 Å². The van der Waals surface area contributed by atoms with Crippen molar-refractivity contribution in [3.63, 3.8) is 0 Å². The zero-order chi connectivity index (χ0) is 19.8. The summed E-state index contributed by atoms with van der Waals surface area (Å²) in [5.74, 6) is -5.02. The number of hydrogen-bond donors (Lipinski definition) is 0. The van der Waals surface area contributed by atoms with Gasteiger partial charge in [0.05, 0.1) is 5.69 Å². The Morgan fingerprint density at radius 2 is 1.70 bits per heavy atom. The molecule has 1 heterocycles. The van der Waals surface area contributed by atoms with Crippen molar-refractivity contribution < 1.29 is 21.6 Å². The minimum atomic E-state index is -4.39. The van der Waals surface area contributed by atoms with E-state index >= 15 is 0 Å². The van der Waals surface area contributed by atoms with E-state index in [4.69, 9.17) is 0 Å². The van der Waals surface area contributed by atoms with Gasteiger partial charge in [-0.15, -0.1) is 0 Å². The molecule has 1 unspecified atom stereocenters. The van der Waals surface area contributed by atoms with Crippen LogP contribution in [0.1, 0.15) is 18.5 Å². The molecule has 0 radical (unpaired) electrons. The average Bonchev–Trinajstić information content (AvgIpc) is 3.19. The summed E-state index contributed by atoms with van der Waals surface area (Å²) in [5, 5.41) is 3.99. The highest BCUT2D eigenvalue weighted by Gasteiger charge is 2.31. The minimum Gasteiger partial charge on any atom is -0.223 e. The Labute approximate surface area is 153 Å². The third-order valence-corrected chi connectivity index (χ3v) is 6.21. The zero-order valence-electron chi connectivity index (χ0n) is 14.3. The molecule has 3 rings (SSSR count). The van der Waals surface area contributed by atoms with Crippen LogP contribution in [0.4, 0.5) is 13.2 Å². The number of sulfonamides is 1. The number of hydrogen-bond acceptors (Lipinski definition) is 4. The first-order valence-electron chi connectivity index (χ1n) is 7.80. The number of nitrogens with zero attached hydrogens (tertiary/aromatic N) is 4. The van der Waals surface area contributed by atoms with Crippen molar-refractivity contribution in [3.8, 4) is 5.69 Å². The van der Waals surface area contributed by atoms with Gasteiger partial charge in [0.2, 0.25) is 10.0 Å². The molecule has 3 aromatic rings. The Morgan fingerprint density at radius 3 is 2.30 bits per heavy atom. The van der Waals surface area contributed by atoms with Gasteiger partial charge in [-0.3, -0.25) is 0 Å². The van der Waals surface area contributed by atoms with Crippen LogP contribution in [0.3, 0.4) is 0 Å². The largest absolute Gasteiger partial charge is 0.246 e. The van der Waals surface area contributed by atoms with E-state index in [9.17, 15) is 21.6 Å². The number of rotatable bonds is 5. The normalized spacial score (nSPS) is 13.1. The lowest BCUT2D eigenvalue weighted by molar-refractivity contribution is 0.388. The van der Waals surface area contributed by atoms with E-state index in [-0.39, 0.29) is 0 Å². The summed E-state index contributed by atoms with van der Waals surface area (Å²) >= 11 is 0. The van der Waals surface area contributed by atoms with Crippen molar-refractivity contribution in [2.24, 2.45) is 0 Å². The van der Waals surface area contributed by atoms with Crippen LogP contribution in [-0.4, -0.2) is 34.5 Å². The molecule has 2 aromatic carbocycles. The third kappa shape index (κ3) is 3.45. The molecule has 1 aromatic heterocycles. The molecule has 0 fully saturated rings. The van der Waals surface area contributed by atoms with E-state index in [0.717, 1.165) is 9.99 Å². The third-order valence-electron chi connectivity index (χ3n) is 4.26. The van der Waals surface area contributed by atoms with Gasteiger partial charge in [-0.2, -0.15) is 9.40 Å². The summed E-state index contributed by atoms with van der Waals surface area (Å²) in [6.07, 6.45) is 2.90. The molecular formula is C17H15F3N4O2S. The standard InChI is InChI=1S/C17H15F3N4O2S/c1-11(12-3-5-13(6-4-12)24-10-21-9-22-24)23(2)27(25,26)15-8-7-14(18)16(19)17(15)20/h3-11H,1-2H3. The predicted octanol–water partition coefficient (Wildman–Crippen LogP) is 3.07. The van der Waals surface area contributed by atoms with E-state index < -0.39 is 38.4 Å². The van der Waals surface area contributed by atoms with Crippen LogP contribution in [0.15, 0.2) is 53.9 Å². The second kappa shape index (κ2) is 7.12. The van der Waals surface area contributed by atoms with Crippen LogP contribution >= 0.6 is 0 Å². The molecule has 0 aliphatic rings. The molecule has 0 N–H and O–H groups in total. The first kappa shape index (κ1) is 19.1. The molecule has 142 valence electrons. The van der Waals surface area contributed by atoms with Crippen LogP contribution in [0.5, 0.6) is 0 Å². The molecule has 6 nitrogen and oxygen atoms in total. The van der Waals surface area contributed by atoms with Crippen LogP contribution in [-0.2, 0) is 10.0 Å². The van der Waals surface area contributed by atoms with Gasteiger partial charge in [-0.1, -0.05) is 12.1 Å². The lowest BCUT2D eigenvalue weighted by atomic mass is 10.1. The molecule has 27 heavy (non-hydrogen) atoms. The second-order valence-electron chi connectivity index (χ2n) is 5.80. The van der Waals surface area contributed by atoms with Crippen LogP contribution in [0, 0.1) is 17.5 Å². The summed E-state index contributed by atoms with van der Waals surface area (Å²) in [6.45, 7) is 1.60. The van der Waals surface area contributed by atoms with E-state index in [1.165, 1.54) is 24.4 Å². The second-order valence-corrected chi connectivity index (χ2v) is 7.77. The molecule has 1 atom stereocenters. The SMILES string of the molecule is CC(c1ccc(-n2cncn2)cc1)N(C)S(=O)(=O)c1ccc(F)c(F)c1F. The number of benzene rings is 2. The van der Waals surface area contributed by atoms with E-state index in [1.54, 1.807) is 31.2 Å². The van der Waals surface area contributed by atoms with E-state index in [0.29, 0.717) is 17.7 Å². The highest BCUT2D eigenvalue weighted by atomic mass is 32.2. The minimum absolute atomic E-state index is 0.580. The van der Waals surface area contributed by atoms with Gasteiger partial charge in [0.25, 0.3) is 0 Å². The lowest BCUT2D eigenvalue weighted by Gasteiger charge is -2.25. The summed E-state index contributed by atoms with van der Waals surface area (Å²) in [4.78, 5) is 2.92. The van der Waals surface area contributed by atoms with Gasteiger partial charge in [-0.05, 0) is 36.8 Å². The monoisotopic (exact) mass is 396 g/mol. The quantitative estimate of drug-likeness (QED) is 0.622. The van der Waals surface area contributed by atoms with Crippen LogP contribution < -0.4 is 0 Å². The van der Waals surface area contributed by atoms with Crippen molar-refractivity contribution in [3.05, 3.63) is 72.1 Å². The van der Waals surface area contributed by atoms with E-state index in [2.05, 4.69) is 10.1 Å². The van der Waals surface area contributed by atoms with Crippen LogP contribution in [0.2, 0.25) is 0 Å². The smallest absolute Gasteiger partial charge is 0.223 e. The van der Waals surface area contributed by atoms with Crippen molar-refractivity contribution in [2.75, 3.05) is 7.05 Å². The molecule has 0 spiro atoms. The molecule has 0 saturated carbocycles. The molecule has 0 amide bonds. The first-order valence-corrected chi connectivity index (χ1v) is 9.24.